The molecule has 3 heterocycles. The average Bonchev–Trinajstić information content (AvgIpc) is 3.47. The highest BCUT2D eigenvalue weighted by molar-refractivity contribution is 7.09. The predicted molar refractivity (Wildman–Crippen MR) is 153 cm³/mol. The SMILES string of the molecule is Cc1cn(CCOc2ccc(C3c4[nH]c5ccc(Cl)cc5c4CCN3C(=O)Oc3ccc(F)cc3)cc2)c(=N)s1. The summed E-state index contributed by atoms with van der Waals surface area (Å²) in [5.41, 5.74) is 3.85. The quantitative estimate of drug-likeness (QED) is 0.232. The first-order chi connectivity index (χ1) is 19.4. The van der Waals surface area contributed by atoms with Crippen molar-refractivity contribution in [3.63, 3.8) is 0 Å². The Kier molecular flexibility index (Phi) is 7.08. The summed E-state index contributed by atoms with van der Waals surface area (Å²) < 4.78 is 26.8. The number of rotatable bonds is 6. The van der Waals surface area contributed by atoms with Crippen molar-refractivity contribution in [3.8, 4) is 11.5 Å². The molecule has 5 aromatic rings. The van der Waals surface area contributed by atoms with E-state index in [-0.39, 0.29) is 5.75 Å². The van der Waals surface area contributed by atoms with E-state index in [0.717, 1.165) is 32.6 Å². The molecule has 3 aromatic carbocycles. The second-order valence-corrected chi connectivity index (χ2v) is 11.3. The largest absolute Gasteiger partial charge is 0.492 e. The van der Waals surface area contributed by atoms with E-state index in [4.69, 9.17) is 26.5 Å². The molecule has 0 saturated carbocycles. The van der Waals surface area contributed by atoms with E-state index in [9.17, 15) is 9.18 Å². The number of carbonyl (C=O) groups excluding carboxylic acids is 1. The lowest BCUT2D eigenvalue weighted by Gasteiger charge is -2.35. The maximum atomic E-state index is 13.4. The number of nitrogens with one attached hydrogen (secondary N) is 2. The maximum absolute atomic E-state index is 13.4. The molecule has 204 valence electrons. The molecule has 7 nitrogen and oxygen atoms in total. The molecule has 6 rings (SSSR count). The third kappa shape index (κ3) is 5.22. The van der Waals surface area contributed by atoms with Crippen LogP contribution in [-0.4, -0.2) is 33.7 Å². The van der Waals surface area contributed by atoms with E-state index in [1.165, 1.54) is 35.6 Å². The van der Waals surface area contributed by atoms with Gasteiger partial charge in [-0.25, -0.2) is 9.18 Å². The maximum Gasteiger partial charge on any atom is 0.416 e. The fourth-order valence-corrected chi connectivity index (χ4v) is 6.07. The van der Waals surface area contributed by atoms with Crippen LogP contribution < -0.4 is 14.3 Å². The third-order valence-corrected chi connectivity index (χ3v) is 8.09. The number of hydrogen-bond acceptors (Lipinski definition) is 5. The number of thiazole rings is 1. The molecular weight excluding hydrogens is 551 g/mol. The van der Waals surface area contributed by atoms with Gasteiger partial charge in [-0.2, -0.15) is 0 Å². The van der Waals surface area contributed by atoms with Gasteiger partial charge in [0.2, 0.25) is 0 Å². The van der Waals surface area contributed by atoms with E-state index in [2.05, 4.69) is 4.98 Å². The molecule has 0 spiro atoms. The number of carbonyl (C=O) groups is 1. The zero-order valence-electron chi connectivity index (χ0n) is 21.6. The minimum Gasteiger partial charge on any atom is -0.492 e. The van der Waals surface area contributed by atoms with Gasteiger partial charge in [0.05, 0.1) is 6.54 Å². The van der Waals surface area contributed by atoms with E-state index >= 15 is 0 Å². The fraction of sp³-hybridized carbons (Fsp3) is 0.200. The number of aryl methyl sites for hydroxylation is 1. The Morgan fingerprint density at radius 1 is 1.12 bits per heavy atom. The number of amides is 1. The molecule has 1 amide bonds. The molecule has 1 atom stereocenters. The minimum atomic E-state index is -0.520. The topological polar surface area (TPSA) is 83.3 Å². The zero-order chi connectivity index (χ0) is 27.8. The Bertz CT molecular complexity index is 1740. The van der Waals surface area contributed by atoms with Crippen LogP contribution >= 0.6 is 22.9 Å². The van der Waals surface area contributed by atoms with E-state index in [1.54, 1.807) is 4.90 Å². The van der Waals surface area contributed by atoms with Crippen LogP contribution in [0.15, 0.2) is 72.9 Å². The summed E-state index contributed by atoms with van der Waals surface area (Å²) in [5.74, 6) is 0.573. The fourth-order valence-electron chi connectivity index (χ4n) is 5.16. The van der Waals surface area contributed by atoms with Gasteiger partial charge in [0.25, 0.3) is 0 Å². The van der Waals surface area contributed by atoms with Gasteiger partial charge in [-0.05, 0) is 79.1 Å². The lowest BCUT2D eigenvalue weighted by Crippen LogP contribution is -2.42. The molecule has 10 heteroatoms. The van der Waals surface area contributed by atoms with Crippen LogP contribution in [0.1, 0.15) is 27.7 Å². The minimum absolute atomic E-state index is 0.276. The average molecular weight is 577 g/mol. The van der Waals surface area contributed by atoms with Gasteiger partial charge < -0.3 is 19.0 Å². The van der Waals surface area contributed by atoms with Gasteiger partial charge in [-0.3, -0.25) is 10.3 Å². The molecule has 2 aromatic heterocycles. The zero-order valence-corrected chi connectivity index (χ0v) is 23.2. The summed E-state index contributed by atoms with van der Waals surface area (Å²) in [5, 5.41) is 9.71. The van der Waals surface area contributed by atoms with E-state index in [0.29, 0.717) is 41.7 Å². The second kappa shape index (κ2) is 10.8. The van der Waals surface area contributed by atoms with Gasteiger partial charge in [0.15, 0.2) is 4.80 Å². The highest BCUT2D eigenvalue weighted by Crippen LogP contribution is 2.40. The van der Waals surface area contributed by atoms with Crippen molar-refractivity contribution >= 4 is 39.9 Å². The summed E-state index contributed by atoms with van der Waals surface area (Å²) in [6, 6.07) is 18.4. The summed E-state index contributed by atoms with van der Waals surface area (Å²) in [6.07, 6.45) is 2.06. The number of aromatic nitrogens is 2. The highest BCUT2D eigenvalue weighted by Gasteiger charge is 2.35. The van der Waals surface area contributed by atoms with Crippen molar-refractivity contribution in [3.05, 3.63) is 110 Å². The molecule has 40 heavy (non-hydrogen) atoms. The Morgan fingerprint density at radius 3 is 2.60 bits per heavy atom. The number of aromatic amines is 1. The van der Waals surface area contributed by atoms with E-state index < -0.39 is 18.0 Å². The molecule has 0 fully saturated rings. The Balaban J connectivity index is 1.28. The lowest BCUT2D eigenvalue weighted by atomic mass is 9.92. The molecule has 0 bridgehead atoms. The smallest absolute Gasteiger partial charge is 0.416 e. The summed E-state index contributed by atoms with van der Waals surface area (Å²) in [7, 11) is 0. The molecule has 1 aliphatic heterocycles. The van der Waals surface area contributed by atoms with Crippen molar-refractivity contribution in [2.24, 2.45) is 0 Å². The molecule has 0 radical (unpaired) electrons. The van der Waals surface area contributed by atoms with Crippen molar-refractivity contribution in [2.75, 3.05) is 13.2 Å². The van der Waals surface area contributed by atoms with E-state index in [1.807, 2.05) is 60.2 Å². The van der Waals surface area contributed by atoms with Crippen molar-refractivity contribution in [2.45, 2.75) is 25.9 Å². The first-order valence-corrected chi connectivity index (χ1v) is 14.0. The van der Waals surface area contributed by atoms with Crippen LogP contribution in [0.2, 0.25) is 5.02 Å². The number of ether oxygens (including phenoxy) is 2. The monoisotopic (exact) mass is 576 g/mol. The number of fused-ring (bicyclic) bond motifs is 3. The third-order valence-electron chi connectivity index (χ3n) is 7.00. The van der Waals surface area contributed by atoms with Crippen LogP contribution in [0, 0.1) is 18.2 Å². The standard InChI is InChI=1S/C30H26ClFN4O3S/c1-18-17-35(29(33)40-18)14-15-38-22-7-2-19(3-8-22)28-27-24(25-16-20(31)4-11-26(25)34-27)12-13-36(28)30(37)39-23-9-5-21(32)6-10-23/h2-11,16-17,28,33-34H,12-15H2,1H3. The number of halogens is 2. The highest BCUT2D eigenvalue weighted by atomic mass is 35.5. The van der Waals surface area contributed by atoms with Crippen molar-refractivity contribution in [1.29, 1.82) is 5.41 Å². The predicted octanol–water partition coefficient (Wildman–Crippen LogP) is 6.84. The van der Waals surface area contributed by atoms with Crippen LogP contribution in [0.5, 0.6) is 11.5 Å². The lowest BCUT2D eigenvalue weighted by molar-refractivity contribution is 0.135. The summed E-state index contributed by atoms with van der Waals surface area (Å²) in [6.45, 7) is 3.42. The molecule has 0 saturated heterocycles. The van der Waals surface area contributed by atoms with Crippen LogP contribution in [0.25, 0.3) is 10.9 Å². The Labute approximate surface area is 238 Å². The molecule has 2 N–H and O–H groups in total. The summed E-state index contributed by atoms with van der Waals surface area (Å²) in [4.78, 5) is 20.2. The first kappa shape index (κ1) is 26.2. The van der Waals surface area contributed by atoms with Gasteiger partial charge >= 0.3 is 6.09 Å². The molecular formula is C30H26ClFN4O3S. The Morgan fingerprint density at radius 2 is 1.88 bits per heavy atom. The number of H-pyrrole nitrogens is 1. The normalized spacial score (nSPS) is 14.8. The van der Waals surface area contributed by atoms with Crippen molar-refractivity contribution < 1.29 is 18.7 Å². The molecule has 1 aliphatic rings. The molecule has 0 aliphatic carbocycles. The van der Waals surface area contributed by atoms with Crippen molar-refractivity contribution in [1.82, 2.24) is 14.5 Å². The summed E-state index contributed by atoms with van der Waals surface area (Å²) >= 11 is 7.75. The van der Waals surface area contributed by atoms with Gasteiger partial charge in [0, 0.05) is 39.2 Å². The van der Waals surface area contributed by atoms with Gasteiger partial charge in [-0.15, -0.1) is 11.3 Å². The Hall–Kier alpha value is -4.08. The van der Waals surface area contributed by atoms with Gasteiger partial charge in [0.1, 0.15) is 30.0 Å². The van der Waals surface area contributed by atoms with Crippen LogP contribution in [0.4, 0.5) is 9.18 Å². The van der Waals surface area contributed by atoms with Crippen LogP contribution in [-0.2, 0) is 13.0 Å². The number of hydrogen-bond donors (Lipinski definition) is 2. The number of nitrogens with zero attached hydrogens (tertiary/aromatic N) is 2. The van der Waals surface area contributed by atoms with Crippen LogP contribution in [0.3, 0.4) is 0 Å². The van der Waals surface area contributed by atoms with Gasteiger partial charge in [-0.1, -0.05) is 23.7 Å². The first-order valence-electron chi connectivity index (χ1n) is 12.8. The number of benzene rings is 3. The second-order valence-electron chi connectivity index (χ2n) is 9.63. The molecule has 1 unspecified atom stereocenters.